The zero-order valence-corrected chi connectivity index (χ0v) is 12.4. The van der Waals surface area contributed by atoms with Crippen molar-refractivity contribution in [2.24, 2.45) is 0 Å². The Morgan fingerprint density at radius 1 is 1.42 bits per heavy atom. The van der Waals surface area contributed by atoms with Crippen molar-refractivity contribution in [1.29, 1.82) is 0 Å². The Bertz CT molecular complexity index is 566. The van der Waals surface area contributed by atoms with Gasteiger partial charge in [-0.1, -0.05) is 24.4 Å². The summed E-state index contributed by atoms with van der Waals surface area (Å²) in [4.78, 5) is 4.87. The minimum atomic E-state index is -0.0926. The third-order valence-electron chi connectivity index (χ3n) is 3.09. The Morgan fingerprint density at radius 3 is 2.89 bits per heavy atom. The van der Waals surface area contributed by atoms with Crippen LogP contribution < -0.4 is 0 Å². The molecule has 1 fully saturated rings. The number of hydrogen-bond acceptors (Lipinski definition) is 7. The van der Waals surface area contributed by atoms with Crippen LogP contribution in [0, 0.1) is 0 Å². The van der Waals surface area contributed by atoms with Crippen LogP contribution >= 0.6 is 34.7 Å². The van der Waals surface area contributed by atoms with Gasteiger partial charge < -0.3 is 5.11 Å². The molecule has 19 heavy (non-hydrogen) atoms. The number of nitrogens with zero attached hydrogens (tertiary/aromatic N) is 5. The van der Waals surface area contributed by atoms with E-state index in [0.29, 0.717) is 16.1 Å². The maximum atomic E-state index is 9.12. The van der Waals surface area contributed by atoms with Gasteiger partial charge in [0.25, 0.3) is 0 Å². The van der Waals surface area contributed by atoms with Crippen LogP contribution in [0.3, 0.4) is 0 Å². The Labute approximate surface area is 123 Å². The summed E-state index contributed by atoms with van der Waals surface area (Å²) >= 11 is 8.69. The number of aliphatic hydroxyl groups is 1. The lowest BCUT2D eigenvalue weighted by Gasteiger charge is -2.09. The summed E-state index contributed by atoms with van der Waals surface area (Å²) in [5.74, 6) is 0. The summed E-state index contributed by atoms with van der Waals surface area (Å²) in [5.41, 5.74) is 0. The molecule has 1 saturated carbocycles. The molecule has 0 bridgehead atoms. The standard InChI is InChI=1S/C10H12ClN5OS2/c11-8-7(5-17)18-10(12-8)19-9-13-14-15-16(9)6-3-1-2-4-6/h6,17H,1-5H2. The SMILES string of the molecule is OCc1sc(Sc2nnnn2C2CCCC2)nc1Cl. The van der Waals surface area contributed by atoms with Gasteiger partial charge in [0.1, 0.15) is 5.15 Å². The van der Waals surface area contributed by atoms with Gasteiger partial charge in [-0.15, -0.1) is 16.4 Å². The average molecular weight is 318 g/mol. The van der Waals surface area contributed by atoms with E-state index in [2.05, 4.69) is 20.5 Å². The zero-order chi connectivity index (χ0) is 13.2. The fourth-order valence-corrected chi connectivity index (χ4v) is 4.41. The van der Waals surface area contributed by atoms with Crippen LogP contribution in [0.1, 0.15) is 36.6 Å². The molecule has 3 rings (SSSR count). The van der Waals surface area contributed by atoms with Gasteiger partial charge in [0.05, 0.1) is 17.5 Å². The minimum absolute atomic E-state index is 0.0926. The summed E-state index contributed by atoms with van der Waals surface area (Å²) in [6.07, 6.45) is 4.71. The molecule has 0 radical (unpaired) electrons. The van der Waals surface area contributed by atoms with E-state index in [9.17, 15) is 0 Å². The maximum absolute atomic E-state index is 9.12. The topological polar surface area (TPSA) is 76.7 Å². The van der Waals surface area contributed by atoms with E-state index in [4.69, 9.17) is 16.7 Å². The molecule has 0 saturated heterocycles. The molecule has 9 heteroatoms. The van der Waals surface area contributed by atoms with Crippen molar-refractivity contribution in [3.63, 3.8) is 0 Å². The molecule has 0 amide bonds. The lowest BCUT2D eigenvalue weighted by Crippen LogP contribution is -2.08. The van der Waals surface area contributed by atoms with Crippen molar-refractivity contribution in [2.75, 3.05) is 0 Å². The molecule has 0 atom stereocenters. The van der Waals surface area contributed by atoms with Crippen LogP contribution in [0.5, 0.6) is 0 Å². The van der Waals surface area contributed by atoms with Crippen LogP contribution in [0.4, 0.5) is 0 Å². The van der Waals surface area contributed by atoms with E-state index in [1.165, 1.54) is 35.9 Å². The van der Waals surface area contributed by atoms with Gasteiger partial charge in [-0.05, 0) is 35.0 Å². The van der Waals surface area contributed by atoms with Crippen LogP contribution in [0.25, 0.3) is 0 Å². The highest BCUT2D eigenvalue weighted by molar-refractivity contribution is 8.00. The summed E-state index contributed by atoms with van der Waals surface area (Å²) in [5, 5.41) is 22.1. The number of halogens is 1. The van der Waals surface area contributed by atoms with Crippen LogP contribution in [0.2, 0.25) is 5.15 Å². The summed E-state index contributed by atoms with van der Waals surface area (Å²) < 4.78 is 2.63. The Morgan fingerprint density at radius 2 is 2.21 bits per heavy atom. The Balaban J connectivity index is 1.80. The molecule has 0 aliphatic heterocycles. The number of aliphatic hydroxyl groups excluding tert-OH is 1. The highest BCUT2D eigenvalue weighted by Gasteiger charge is 2.23. The summed E-state index contributed by atoms with van der Waals surface area (Å²) in [6, 6.07) is 0.394. The van der Waals surface area contributed by atoms with Crippen molar-refractivity contribution in [3.8, 4) is 0 Å². The van der Waals surface area contributed by atoms with Gasteiger partial charge in [0.2, 0.25) is 5.16 Å². The highest BCUT2D eigenvalue weighted by Crippen LogP contribution is 2.36. The third-order valence-corrected chi connectivity index (χ3v) is 5.56. The number of rotatable bonds is 4. The first-order chi connectivity index (χ1) is 9.28. The molecule has 2 aromatic heterocycles. The lowest BCUT2D eigenvalue weighted by molar-refractivity contribution is 0.285. The van der Waals surface area contributed by atoms with Gasteiger partial charge in [-0.25, -0.2) is 9.67 Å². The monoisotopic (exact) mass is 317 g/mol. The van der Waals surface area contributed by atoms with Gasteiger partial charge >= 0.3 is 0 Å². The van der Waals surface area contributed by atoms with E-state index in [1.807, 2.05) is 4.68 Å². The maximum Gasteiger partial charge on any atom is 0.216 e. The largest absolute Gasteiger partial charge is 0.391 e. The third kappa shape index (κ3) is 2.76. The molecule has 0 unspecified atom stereocenters. The fraction of sp³-hybridized carbons (Fsp3) is 0.600. The summed E-state index contributed by atoms with van der Waals surface area (Å²) in [7, 11) is 0. The Kier molecular flexibility index (Phi) is 4.01. The predicted octanol–water partition coefficient (Wildman–Crippen LogP) is 2.54. The van der Waals surface area contributed by atoms with E-state index < -0.39 is 0 Å². The van der Waals surface area contributed by atoms with Crippen LogP contribution in [-0.4, -0.2) is 30.3 Å². The highest BCUT2D eigenvalue weighted by atomic mass is 35.5. The van der Waals surface area contributed by atoms with Crippen molar-refractivity contribution < 1.29 is 5.11 Å². The normalized spacial score (nSPS) is 16.3. The molecule has 1 aliphatic rings. The van der Waals surface area contributed by atoms with E-state index in [-0.39, 0.29) is 6.61 Å². The van der Waals surface area contributed by atoms with Gasteiger partial charge in [-0.3, -0.25) is 0 Å². The first-order valence-electron chi connectivity index (χ1n) is 5.99. The van der Waals surface area contributed by atoms with E-state index in [1.54, 1.807) is 0 Å². The molecule has 2 heterocycles. The fourth-order valence-electron chi connectivity index (χ4n) is 2.16. The van der Waals surface area contributed by atoms with E-state index >= 15 is 0 Å². The lowest BCUT2D eigenvalue weighted by atomic mass is 10.3. The zero-order valence-electron chi connectivity index (χ0n) is 9.99. The van der Waals surface area contributed by atoms with Crippen molar-refractivity contribution in [1.82, 2.24) is 25.2 Å². The molecule has 6 nitrogen and oxygen atoms in total. The second kappa shape index (κ2) is 5.74. The predicted molar refractivity (Wildman–Crippen MR) is 72.5 cm³/mol. The first kappa shape index (κ1) is 13.3. The molecule has 0 aromatic carbocycles. The summed E-state index contributed by atoms with van der Waals surface area (Å²) in [6.45, 7) is -0.0926. The van der Waals surface area contributed by atoms with Gasteiger partial charge in [0, 0.05) is 0 Å². The molecule has 102 valence electrons. The molecule has 2 aromatic rings. The molecular weight excluding hydrogens is 306 g/mol. The second-order valence-electron chi connectivity index (χ2n) is 4.30. The quantitative estimate of drug-likeness (QED) is 0.933. The number of hydrogen-bond donors (Lipinski definition) is 1. The number of thiazole rings is 1. The van der Waals surface area contributed by atoms with Crippen molar-refractivity contribution in [3.05, 3.63) is 10.0 Å². The van der Waals surface area contributed by atoms with Crippen molar-refractivity contribution >= 4 is 34.7 Å². The smallest absolute Gasteiger partial charge is 0.216 e. The van der Waals surface area contributed by atoms with Crippen molar-refractivity contribution in [2.45, 2.75) is 47.8 Å². The minimum Gasteiger partial charge on any atom is -0.391 e. The first-order valence-corrected chi connectivity index (χ1v) is 8.01. The molecule has 0 spiro atoms. The van der Waals surface area contributed by atoms with Gasteiger partial charge in [0.15, 0.2) is 4.34 Å². The van der Waals surface area contributed by atoms with Crippen LogP contribution in [-0.2, 0) is 6.61 Å². The average Bonchev–Trinajstić information content (AvgIpc) is 3.09. The van der Waals surface area contributed by atoms with Crippen LogP contribution in [0.15, 0.2) is 9.50 Å². The second-order valence-corrected chi connectivity index (χ2v) is 6.95. The van der Waals surface area contributed by atoms with Gasteiger partial charge in [-0.2, -0.15) is 0 Å². The number of tetrazole rings is 1. The molecule has 1 N–H and O–H groups in total. The van der Waals surface area contributed by atoms with E-state index in [0.717, 1.165) is 22.3 Å². The molecule has 1 aliphatic carbocycles. The Hall–Kier alpha value is -0.700. The number of aromatic nitrogens is 5. The molecular formula is C10H12ClN5OS2.